The summed E-state index contributed by atoms with van der Waals surface area (Å²) in [5.74, 6) is 0. The van der Waals surface area contributed by atoms with Crippen LogP contribution in [-0.2, 0) is 6.42 Å². The Kier molecular flexibility index (Phi) is 2.60. The number of rotatable bonds is 2. The highest BCUT2D eigenvalue weighted by atomic mass is 32.1. The van der Waals surface area contributed by atoms with Crippen LogP contribution in [0, 0.1) is 11.7 Å². The normalized spacial score (nSPS) is 9.75. The van der Waals surface area contributed by atoms with Crippen molar-refractivity contribution in [2.45, 2.75) is 13.3 Å². The van der Waals surface area contributed by atoms with Crippen molar-refractivity contribution in [3.05, 3.63) is 39.0 Å². The van der Waals surface area contributed by atoms with Gasteiger partial charge in [0.25, 0.3) is 5.56 Å². The molecule has 0 unspecified atom stereocenters. The van der Waals surface area contributed by atoms with Gasteiger partial charge in [0, 0.05) is 11.3 Å². The van der Waals surface area contributed by atoms with Gasteiger partial charge >= 0.3 is 0 Å². The van der Waals surface area contributed by atoms with E-state index in [0.717, 1.165) is 5.69 Å². The van der Waals surface area contributed by atoms with E-state index in [9.17, 15) is 4.79 Å². The standard InChI is InChI=1S/C8H10N2OS/c1-3-4-6-5(2)9-8(12)10-7(6)11/h3H,1,4H2,2H3,(H2,9,10,11,12). The second kappa shape index (κ2) is 3.49. The lowest BCUT2D eigenvalue weighted by Crippen LogP contribution is -2.15. The van der Waals surface area contributed by atoms with Crippen molar-refractivity contribution < 1.29 is 0 Å². The highest BCUT2D eigenvalue weighted by Gasteiger charge is 2.00. The maximum Gasteiger partial charge on any atom is 0.255 e. The van der Waals surface area contributed by atoms with E-state index in [1.165, 1.54) is 0 Å². The third kappa shape index (κ3) is 1.71. The van der Waals surface area contributed by atoms with Crippen molar-refractivity contribution in [2.75, 3.05) is 0 Å². The van der Waals surface area contributed by atoms with E-state index in [2.05, 4.69) is 16.5 Å². The molecule has 0 radical (unpaired) electrons. The Balaban J connectivity index is 3.38. The number of nitrogens with one attached hydrogen (secondary N) is 2. The van der Waals surface area contributed by atoms with Crippen LogP contribution in [0.3, 0.4) is 0 Å². The van der Waals surface area contributed by atoms with Crippen LogP contribution < -0.4 is 5.56 Å². The molecule has 2 N–H and O–H groups in total. The fourth-order valence-electron chi connectivity index (χ4n) is 1.02. The summed E-state index contributed by atoms with van der Waals surface area (Å²) in [6, 6.07) is 0. The minimum absolute atomic E-state index is 0.129. The number of aromatic amines is 2. The van der Waals surface area contributed by atoms with Crippen LogP contribution in [0.2, 0.25) is 0 Å². The summed E-state index contributed by atoms with van der Waals surface area (Å²) < 4.78 is 0.366. The van der Waals surface area contributed by atoms with Gasteiger partial charge in [0.2, 0.25) is 0 Å². The van der Waals surface area contributed by atoms with Gasteiger partial charge < -0.3 is 4.98 Å². The van der Waals surface area contributed by atoms with Gasteiger partial charge in [-0.05, 0) is 25.6 Å². The molecule has 0 fully saturated rings. The highest BCUT2D eigenvalue weighted by Crippen LogP contribution is 1.98. The Labute approximate surface area is 75.2 Å². The molecule has 0 spiro atoms. The average Bonchev–Trinajstić information content (AvgIpc) is 1.96. The molecule has 0 saturated heterocycles. The second-order valence-corrected chi connectivity index (χ2v) is 2.91. The quantitative estimate of drug-likeness (QED) is 0.537. The lowest BCUT2D eigenvalue weighted by atomic mass is 10.2. The second-order valence-electron chi connectivity index (χ2n) is 2.50. The molecule has 4 heteroatoms. The van der Waals surface area contributed by atoms with E-state index >= 15 is 0 Å². The van der Waals surface area contributed by atoms with Gasteiger partial charge in [0.15, 0.2) is 4.77 Å². The molecule has 1 aromatic heterocycles. The number of hydrogen-bond acceptors (Lipinski definition) is 2. The highest BCUT2D eigenvalue weighted by molar-refractivity contribution is 7.71. The number of allylic oxidation sites excluding steroid dienone is 1. The molecule has 1 rings (SSSR count). The van der Waals surface area contributed by atoms with Crippen LogP contribution in [0.15, 0.2) is 17.4 Å². The summed E-state index contributed by atoms with van der Waals surface area (Å²) in [6.45, 7) is 5.39. The summed E-state index contributed by atoms with van der Waals surface area (Å²) in [5, 5.41) is 0. The molecule has 1 aromatic rings. The Morgan fingerprint density at radius 1 is 1.58 bits per heavy atom. The molecule has 64 valence electrons. The van der Waals surface area contributed by atoms with Crippen LogP contribution in [-0.4, -0.2) is 9.97 Å². The monoisotopic (exact) mass is 182 g/mol. The summed E-state index contributed by atoms with van der Waals surface area (Å²) in [5.41, 5.74) is 1.37. The molecule has 0 aliphatic carbocycles. The summed E-state index contributed by atoms with van der Waals surface area (Å²) >= 11 is 4.79. The van der Waals surface area contributed by atoms with Crippen molar-refractivity contribution in [1.29, 1.82) is 0 Å². The van der Waals surface area contributed by atoms with E-state index in [-0.39, 0.29) is 5.56 Å². The number of hydrogen-bond donors (Lipinski definition) is 2. The minimum atomic E-state index is -0.129. The zero-order chi connectivity index (χ0) is 9.14. The first-order valence-electron chi connectivity index (χ1n) is 3.58. The van der Waals surface area contributed by atoms with Gasteiger partial charge in [0.1, 0.15) is 0 Å². The topological polar surface area (TPSA) is 48.6 Å². The van der Waals surface area contributed by atoms with Crippen molar-refractivity contribution >= 4 is 12.2 Å². The molecule has 0 atom stereocenters. The Morgan fingerprint density at radius 2 is 2.25 bits per heavy atom. The van der Waals surface area contributed by atoms with Gasteiger partial charge in [0.05, 0.1) is 0 Å². The molecule has 0 amide bonds. The van der Waals surface area contributed by atoms with E-state index in [1.54, 1.807) is 6.08 Å². The van der Waals surface area contributed by atoms with Crippen LogP contribution >= 0.6 is 12.2 Å². The van der Waals surface area contributed by atoms with E-state index in [1.807, 2.05) is 6.92 Å². The van der Waals surface area contributed by atoms with Gasteiger partial charge in [-0.25, -0.2) is 0 Å². The Hall–Kier alpha value is -1.16. The first-order chi connectivity index (χ1) is 5.65. The smallest absolute Gasteiger partial charge is 0.255 e. The van der Waals surface area contributed by atoms with Crippen LogP contribution in [0.4, 0.5) is 0 Å². The maximum absolute atomic E-state index is 11.3. The number of aromatic nitrogens is 2. The molecule has 0 aromatic carbocycles. The van der Waals surface area contributed by atoms with Crippen LogP contribution in [0.25, 0.3) is 0 Å². The molecule has 0 saturated carbocycles. The van der Waals surface area contributed by atoms with Gasteiger partial charge in [-0.1, -0.05) is 6.08 Å². The van der Waals surface area contributed by atoms with Gasteiger partial charge in [-0.2, -0.15) is 0 Å². The van der Waals surface area contributed by atoms with Crippen LogP contribution in [0.1, 0.15) is 11.3 Å². The summed E-state index contributed by atoms with van der Waals surface area (Å²) in [6.07, 6.45) is 2.25. The van der Waals surface area contributed by atoms with E-state index < -0.39 is 0 Å². The maximum atomic E-state index is 11.3. The van der Waals surface area contributed by atoms with Crippen molar-refractivity contribution in [3.8, 4) is 0 Å². The molecule has 12 heavy (non-hydrogen) atoms. The van der Waals surface area contributed by atoms with Crippen molar-refractivity contribution in [2.24, 2.45) is 0 Å². The van der Waals surface area contributed by atoms with Crippen LogP contribution in [0.5, 0.6) is 0 Å². The third-order valence-corrected chi connectivity index (χ3v) is 1.81. The first-order valence-corrected chi connectivity index (χ1v) is 3.99. The predicted octanol–water partition coefficient (Wildman–Crippen LogP) is 1.47. The Bertz CT molecular complexity index is 402. The SMILES string of the molecule is C=CCc1c(C)[nH]c(=S)[nH]c1=O. The van der Waals surface area contributed by atoms with Gasteiger partial charge in [-0.15, -0.1) is 6.58 Å². The molecular weight excluding hydrogens is 172 g/mol. The molecule has 0 bridgehead atoms. The Morgan fingerprint density at radius 3 is 2.75 bits per heavy atom. The number of H-pyrrole nitrogens is 2. The molecule has 1 heterocycles. The number of aryl methyl sites for hydroxylation is 1. The zero-order valence-corrected chi connectivity index (χ0v) is 7.62. The zero-order valence-electron chi connectivity index (χ0n) is 6.81. The molecular formula is C8H10N2OS. The fraction of sp³-hybridized carbons (Fsp3) is 0.250. The van der Waals surface area contributed by atoms with E-state index in [4.69, 9.17) is 12.2 Å². The average molecular weight is 182 g/mol. The lowest BCUT2D eigenvalue weighted by molar-refractivity contribution is 0.974. The van der Waals surface area contributed by atoms with Crippen molar-refractivity contribution in [1.82, 2.24) is 9.97 Å². The molecule has 0 aliphatic heterocycles. The summed E-state index contributed by atoms with van der Waals surface area (Å²) in [4.78, 5) is 16.7. The van der Waals surface area contributed by atoms with E-state index in [0.29, 0.717) is 16.8 Å². The lowest BCUT2D eigenvalue weighted by Gasteiger charge is -1.99. The third-order valence-electron chi connectivity index (χ3n) is 1.60. The summed E-state index contributed by atoms with van der Waals surface area (Å²) in [7, 11) is 0. The molecule has 0 aliphatic rings. The fourth-order valence-corrected chi connectivity index (χ4v) is 1.26. The van der Waals surface area contributed by atoms with Gasteiger partial charge in [-0.3, -0.25) is 9.78 Å². The predicted molar refractivity (Wildman–Crippen MR) is 50.9 cm³/mol. The molecule has 3 nitrogen and oxygen atoms in total. The minimum Gasteiger partial charge on any atom is -0.336 e. The first kappa shape index (κ1) is 8.93. The largest absolute Gasteiger partial charge is 0.336 e. The van der Waals surface area contributed by atoms with Crippen molar-refractivity contribution in [3.63, 3.8) is 0 Å².